The summed E-state index contributed by atoms with van der Waals surface area (Å²) in [6.45, 7) is 5.56. The smallest absolute Gasteiger partial charge is 0.229 e. The quantitative estimate of drug-likeness (QED) is 0.694. The molecule has 0 aromatic rings. The van der Waals surface area contributed by atoms with Crippen molar-refractivity contribution in [2.24, 2.45) is 5.92 Å². The van der Waals surface area contributed by atoms with Crippen molar-refractivity contribution in [3.05, 3.63) is 0 Å². The fourth-order valence-corrected chi connectivity index (χ4v) is 2.23. The standard InChI is InChI=1S/C11H18N2O2S/c1-7-5-13(6-8(2)15-7)11(16)12-10(14)9-3-4-9/h7-9H,3-6H2,1-2H3,(H,12,14,16). The molecule has 2 rings (SSSR count). The maximum absolute atomic E-state index is 11.6. The normalized spacial score (nSPS) is 30.0. The maximum atomic E-state index is 11.6. The molecule has 90 valence electrons. The molecule has 1 saturated heterocycles. The second kappa shape index (κ2) is 4.67. The second-order valence-corrected chi connectivity index (χ2v) is 5.12. The van der Waals surface area contributed by atoms with Crippen molar-refractivity contribution in [1.29, 1.82) is 0 Å². The molecule has 0 spiro atoms. The number of carbonyl (C=O) groups excluding carboxylic acids is 1. The van der Waals surface area contributed by atoms with Crippen LogP contribution in [0.2, 0.25) is 0 Å². The Morgan fingerprint density at radius 1 is 1.31 bits per heavy atom. The van der Waals surface area contributed by atoms with Crippen LogP contribution in [0.4, 0.5) is 0 Å². The number of amides is 1. The average Bonchev–Trinajstić information content (AvgIpc) is 2.98. The van der Waals surface area contributed by atoms with Crippen LogP contribution in [-0.4, -0.2) is 41.2 Å². The Bertz CT molecular complexity index is 294. The van der Waals surface area contributed by atoms with Crippen molar-refractivity contribution in [1.82, 2.24) is 10.2 Å². The zero-order valence-corrected chi connectivity index (χ0v) is 10.5. The maximum Gasteiger partial charge on any atom is 0.229 e. The minimum absolute atomic E-state index is 0.0804. The summed E-state index contributed by atoms with van der Waals surface area (Å²) in [5, 5.41) is 3.37. The number of hydrogen-bond donors (Lipinski definition) is 1. The summed E-state index contributed by atoms with van der Waals surface area (Å²) in [6.07, 6.45) is 2.34. The summed E-state index contributed by atoms with van der Waals surface area (Å²) in [5.41, 5.74) is 0. The van der Waals surface area contributed by atoms with Crippen LogP contribution in [0.5, 0.6) is 0 Å². The molecule has 2 aliphatic rings. The van der Waals surface area contributed by atoms with E-state index < -0.39 is 0 Å². The molecule has 1 N–H and O–H groups in total. The molecule has 2 atom stereocenters. The zero-order valence-electron chi connectivity index (χ0n) is 9.73. The molecule has 0 aromatic heterocycles. The Morgan fingerprint density at radius 2 is 1.88 bits per heavy atom. The SMILES string of the molecule is CC1CN(C(=S)NC(=O)C2CC2)CC(C)O1. The third-order valence-electron chi connectivity index (χ3n) is 2.89. The molecule has 4 nitrogen and oxygen atoms in total. The van der Waals surface area contributed by atoms with E-state index in [2.05, 4.69) is 5.32 Å². The summed E-state index contributed by atoms with van der Waals surface area (Å²) in [4.78, 5) is 13.6. The first-order valence-electron chi connectivity index (χ1n) is 5.81. The summed E-state index contributed by atoms with van der Waals surface area (Å²) >= 11 is 5.24. The van der Waals surface area contributed by atoms with Crippen molar-refractivity contribution < 1.29 is 9.53 Å². The highest BCUT2D eigenvalue weighted by Crippen LogP contribution is 2.28. The average molecular weight is 242 g/mol. The Morgan fingerprint density at radius 3 is 2.38 bits per heavy atom. The largest absolute Gasteiger partial charge is 0.372 e. The van der Waals surface area contributed by atoms with Crippen molar-refractivity contribution >= 4 is 23.2 Å². The van der Waals surface area contributed by atoms with E-state index in [4.69, 9.17) is 17.0 Å². The third-order valence-corrected chi connectivity index (χ3v) is 3.25. The Balaban J connectivity index is 1.85. The first-order chi connectivity index (χ1) is 7.56. The molecular formula is C11H18N2O2S. The van der Waals surface area contributed by atoms with Crippen molar-refractivity contribution in [2.75, 3.05) is 13.1 Å². The van der Waals surface area contributed by atoms with Gasteiger partial charge in [0.05, 0.1) is 12.2 Å². The second-order valence-electron chi connectivity index (χ2n) is 4.73. The van der Waals surface area contributed by atoms with Crippen LogP contribution < -0.4 is 5.32 Å². The van der Waals surface area contributed by atoms with Crippen LogP contribution in [0, 0.1) is 5.92 Å². The lowest BCUT2D eigenvalue weighted by molar-refractivity contribution is -0.121. The van der Waals surface area contributed by atoms with E-state index in [1.165, 1.54) is 0 Å². The molecule has 1 amide bonds. The van der Waals surface area contributed by atoms with Gasteiger partial charge < -0.3 is 15.0 Å². The monoisotopic (exact) mass is 242 g/mol. The Kier molecular flexibility index (Phi) is 3.44. The van der Waals surface area contributed by atoms with Crippen LogP contribution in [0.25, 0.3) is 0 Å². The van der Waals surface area contributed by atoms with E-state index in [-0.39, 0.29) is 24.0 Å². The van der Waals surface area contributed by atoms with Gasteiger partial charge in [0.25, 0.3) is 0 Å². The van der Waals surface area contributed by atoms with Crippen molar-refractivity contribution in [2.45, 2.75) is 38.9 Å². The highest BCUT2D eigenvalue weighted by Gasteiger charge is 2.32. The minimum Gasteiger partial charge on any atom is -0.372 e. The number of ether oxygens (including phenoxy) is 1. The third kappa shape index (κ3) is 2.92. The molecular weight excluding hydrogens is 224 g/mol. The van der Waals surface area contributed by atoms with Gasteiger partial charge in [-0.05, 0) is 38.9 Å². The van der Waals surface area contributed by atoms with Gasteiger partial charge in [0.15, 0.2) is 5.11 Å². The number of carbonyl (C=O) groups is 1. The number of nitrogens with zero attached hydrogens (tertiary/aromatic N) is 1. The molecule has 2 unspecified atom stereocenters. The first-order valence-corrected chi connectivity index (χ1v) is 6.22. The molecule has 5 heteroatoms. The molecule has 16 heavy (non-hydrogen) atoms. The molecule has 1 aliphatic carbocycles. The van der Waals surface area contributed by atoms with Crippen LogP contribution in [0.1, 0.15) is 26.7 Å². The molecule has 1 aliphatic heterocycles. The van der Waals surface area contributed by atoms with Crippen LogP contribution in [-0.2, 0) is 9.53 Å². The number of hydrogen-bond acceptors (Lipinski definition) is 3. The first kappa shape index (κ1) is 11.8. The summed E-state index contributed by atoms with van der Waals surface area (Å²) in [7, 11) is 0. The van der Waals surface area contributed by atoms with Gasteiger partial charge in [0.2, 0.25) is 5.91 Å². The fraction of sp³-hybridized carbons (Fsp3) is 0.818. The number of rotatable bonds is 1. The summed E-state index contributed by atoms with van der Waals surface area (Å²) < 4.78 is 5.62. The van der Waals surface area contributed by atoms with Crippen LogP contribution in [0.15, 0.2) is 0 Å². The number of thiocarbonyl (C=S) groups is 1. The molecule has 1 heterocycles. The van der Waals surface area contributed by atoms with E-state index in [0.29, 0.717) is 5.11 Å². The van der Waals surface area contributed by atoms with Gasteiger partial charge in [0, 0.05) is 19.0 Å². The van der Waals surface area contributed by atoms with E-state index in [1.54, 1.807) is 0 Å². The highest BCUT2D eigenvalue weighted by atomic mass is 32.1. The molecule has 0 aromatic carbocycles. The summed E-state index contributed by atoms with van der Waals surface area (Å²) in [6, 6.07) is 0. The van der Waals surface area contributed by atoms with Gasteiger partial charge in [-0.15, -0.1) is 0 Å². The highest BCUT2D eigenvalue weighted by molar-refractivity contribution is 7.80. The van der Waals surface area contributed by atoms with Crippen molar-refractivity contribution in [3.63, 3.8) is 0 Å². The van der Waals surface area contributed by atoms with E-state index in [1.807, 2.05) is 18.7 Å². The predicted octanol–water partition coefficient (Wildman–Crippen LogP) is 0.907. The Labute approximate surface area is 101 Å². The van der Waals surface area contributed by atoms with Gasteiger partial charge in [0.1, 0.15) is 0 Å². The lowest BCUT2D eigenvalue weighted by Crippen LogP contribution is -2.52. The molecule has 0 radical (unpaired) electrons. The molecule has 1 saturated carbocycles. The van der Waals surface area contributed by atoms with E-state index >= 15 is 0 Å². The van der Waals surface area contributed by atoms with Crippen LogP contribution >= 0.6 is 12.2 Å². The van der Waals surface area contributed by atoms with E-state index in [9.17, 15) is 4.79 Å². The Hall–Kier alpha value is -0.680. The number of morpholine rings is 1. The number of nitrogens with one attached hydrogen (secondary N) is 1. The van der Waals surface area contributed by atoms with Crippen molar-refractivity contribution in [3.8, 4) is 0 Å². The molecule has 0 bridgehead atoms. The minimum atomic E-state index is 0.0804. The topological polar surface area (TPSA) is 41.6 Å². The zero-order chi connectivity index (χ0) is 11.7. The van der Waals surface area contributed by atoms with Gasteiger partial charge in [-0.2, -0.15) is 0 Å². The van der Waals surface area contributed by atoms with Gasteiger partial charge in [-0.25, -0.2) is 0 Å². The van der Waals surface area contributed by atoms with Gasteiger partial charge in [-0.1, -0.05) is 0 Å². The van der Waals surface area contributed by atoms with E-state index in [0.717, 1.165) is 25.9 Å². The predicted molar refractivity (Wildman–Crippen MR) is 65.0 cm³/mol. The fourth-order valence-electron chi connectivity index (χ4n) is 1.98. The lowest BCUT2D eigenvalue weighted by atomic mass is 10.2. The van der Waals surface area contributed by atoms with Gasteiger partial charge in [-0.3, -0.25) is 4.79 Å². The molecule has 2 fully saturated rings. The van der Waals surface area contributed by atoms with Gasteiger partial charge >= 0.3 is 0 Å². The lowest BCUT2D eigenvalue weighted by Gasteiger charge is -2.36. The van der Waals surface area contributed by atoms with Crippen LogP contribution in [0.3, 0.4) is 0 Å². The summed E-state index contributed by atoms with van der Waals surface area (Å²) in [5.74, 6) is 0.283.